The highest BCUT2D eigenvalue weighted by Gasteiger charge is 2.25. The van der Waals surface area contributed by atoms with E-state index in [9.17, 15) is 9.59 Å². The lowest BCUT2D eigenvalue weighted by Gasteiger charge is -2.26. The van der Waals surface area contributed by atoms with Gasteiger partial charge < -0.3 is 10.2 Å². The van der Waals surface area contributed by atoms with Gasteiger partial charge in [-0.05, 0) is 37.8 Å². The van der Waals surface area contributed by atoms with Crippen molar-refractivity contribution in [2.45, 2.75) is 47.0 Å². The summed E-state index contributed by atoms with van der Waals surface area (Å²) in [4.78, 5) is 27.2. The third-order valence-corrected chi connectivity index (χ3v) is 4.81. The van der Waals surface area contributed by atoms with Gasteiger partial charge in [0.15, 0.2) is 0 Å². The third kappa shape index (κ3) is 3.84. The van der Waals surface area contributed by atoms with Gasteiger partial charge in [0.1, 0.15) is 0 Å². The van der Waals surface area contributed by atoms with E-state index >= 15 is 0 Å². The van der Waals surface area contributed by atoms with Crippen LogP contribution in [0, 0.1) is 12.3 Å². The lowest BCUT2D eigenvalue weighted by molar-refractivity contribution is -0.123. The molecule has 1 aliphatic rings. The zero-order chi connectivity index (χ0) is 15.6. The Kier molecular flexibility index (Phi) is 4.71. The molecule has 1 aromatic rings. The molecule has 0 saturated carbocycles. The maximum atomic E-state index is 12.5. The molecule has 4 nitrogen and oxygen atoms in total. The first-order valence-electron chi connectivity index (χ1n) is 7.50. The van der Waals surface area contributed by atoms with Gasteiger partial charge in [-0.3, -0.25) is 9.59 Å². The molecule has 5 heteroatoms. The van der Waals surface area contributed by atoms with Crippen LogP contribution in [0.2, 0.25) is 0 Å². The number of aryl methyl sites for hydroxylation is 1. The summed E-state index contributed by atoms with van der Waals surface area (Å²) in [7, 11) is 0. The van der Waals surface area contributed by atoms with Crippen LogP contribution in [0.25, 0.3) is 0 Å². The number of rotatable bonds is 2. The fourth-order valence-electron chi connectivity index (χ4n) is 2.30. The van der Waals surface area contributed by atoms with E-state index in [0.29, 0.717) is 0 Å². The molecule has 1 fully saturated rings. The molecule has 2 heterocycles. The van der Waals surface area contributed by atoms with Crippen LogP contribution in [-0.4, -0.2) is 29.8 Å². The Morgan fingerprint density at radius 2 is 1.81 bits per heavy atom. The molecular formula is C16H24N2O2S. The van der Waals surface area contributed by atoms with E-state index in [2.05, 4.69) is 5.32 Å². The van der Waals surface area contributed by atoms with Crippen LogP contribution in [0.3, 0.4) is 0 Å². The van der Waals surface area contributed by atoms with Crippen molar-refractivity contribution in [1.29, 1.82) is 0 Å². The fraction of sp³-hybridized carbons (Fsp3) is 0.625. The average Bonchev–Trinajstić information content (AvgIpc) is 2.78. The Balaban J connectivity index is 2.11. The molecule has 0 aliphatic carbocycles. The van der Waals surface area contributed by atoms with Crippen LogP contribution in [0.15, 0.2) is 6.07 Å². The lowest BCUT2D eigenvalue weighted by atomic mass is 9.96. The smallest absolute Gasteiger partial charge is 0.264 e. The molecule has 0 aromatic carbocycles. The molecule has 0 unspecified atom stereocenters. The number of thiophene rings is 1. The summed E-state index contributed by atoms with van der Waals surface area (Å²) >= 11 is 1.38. The second kappa shape index (κ2) is 6.18. The molecule has 2 rings (SSSR count). The summed E-state index contributed by atoms with van der Waals surface area (Å²) in [6.07, 6.45) is 3.38. The number of piperidine rings is 1. The van der Waals surface area contributed by atoms with Crippen molar-refractivity contribution in [1.82, 2.24) is 4.90 Å². The minimum atomic E-state index is -0.436. The first-order valence-corrected chi connectivity index (χ1v) is 8.32. The first-order chi connectivity index (χ1) is 9.79. The lowest BCUT2D eigenvalue weighted by Crippen LogP contribution is -2.35. The number of nitrogens with zero attached hydrogens (tertiary/aromatic N) is 1. The number of hydrogen-bond donors (Lipinski definition) is 1. The SMILES string of the molecule is Cc1cc(NC(=O)C(C)(C)C)sc1C(=O)N1CCCCC1. The summed E-state index contributed by atoms with van der Waals surface area (Å²) in [5.41, 5.74) is 0.509. The number of carbonyl (C=O) groups is 2. The van der Waals surface area contributed by atoms with Crippen molar-refractivity contribution in [3.05, 3.63) is 16.5 Å². The van der Waals surface area contributed by atoms with Gasteiger partial charge >= 0.3 is 0 Å². The number of likely N-dealkylation sites (tertiary alicyclic amines) is 1. The van der Waals surface area contributed by atoms with Crippen LogP contribution < -0.4 is 5.32 Å². The number of carbonyl (C=O) groups excluding carboxylic acids is 2. The van der Waals surface area contributed by atoms with Crippen molar-refractivity contribution in [2.24, 2.45) is 5.41 Å². The highest BCUT2D eigenvalue weighted by atomic mass is 32.1. The molecule has 0 bridgehead atoms. The van der Waals surface area contributed by atoms with Crippen LogP contribution in [0.4, 0.5) is 5.00 Å². The van der Waals surface area contributed by atoms with E-state index in [1.165, 1.54) is 17.8 Å². The van der Waals surface area contributed by atoms with Crippen molar-refractivity contribution in [3.63, 3.8) is 0 Å². The number of anilines is 1. The summed E-state index contributed by atoms with van der Waals surface area (Å²) in [5.74, 6) is 0.0779. The van der Waals surface area contributed by atoms with Gasteiger partial charge in [0.05, 0.1) is 9.88 Å². The minimum absolute atomic E-state index is 0.0271. The maximum absolute atomic E-state index is 12.5. The first kappa shape index (κ1) is 16.0. The van der Waals surface area contributed by atoms with Gasteiger partial charge in [-0.1, -0.05) is 20.8 Å². The van der Waals surface area contributed by atoms with Crippen LogP contribution in [0.1, 0.15) is 55.3 Å². The van der Waals surface area contributed by atoms with Gasteiger partial charge in [0.2, 0.25) is 5.91 Å². The largest absolute Gasteiger partial charge is 0.338 e. The van der Waals surface area contributed by atoms with Crippen molar-refractivity contribution in [2.75, 3.05) is 18.4 Å². The van der Waals surface area contributed by atoms with Crippen molar-refractivity contribution < 1.29 is 9.59 Å². The Hall–Kier alpha value is -1.36. The molecule has 1 N–H and O–H groups in total. The highest BCUT2D eigenvalue weighted by Crippen LogP contribution is 2.30. The summed E-state index contributed by atoms with van der Waals surface area (Å²) in [6, 6.07) is 1.89. The summed E-state index contributed by atoms with van der Waals surface area (Å²) in [6.45, 7) is 9.26. The van der Waals surface area contributed by atoms with E-state index in [1.807, 2.05) is 38.7 Å². The minimum Gasteiger partial charge on any atom is -0.338 e. The van der Waals surface area contributed by atoms with Gasteiger partial charge in [0.25, 0.3) is 5.91 Å². The van der Waals surface area contributed by atoms with E-state index in [1.54, 1.807) is 0 Å². The molecule has 116 valence electrons. The molecule has 2 amide bonds. The average molecular weight is 308 g/mol. The summed E-state index contributed by atoms with van der Waals surface area (Å²) in [5, 5.41) is 3.67. The predicted octanol–water partition coefficient (Wildman–Crippen LogP) is 3.67. The van der Waals surface area contributed by atoms with Crippen LogP contribution in [0.5, 0.6) is 0 Å². The Morgan fingerprint density at radius 1 is 1.19 bits per heavy atom. The van der Waals surface area contributed by atoms with Gasteiger partial charge in [-0.2, -0.15) is 0 Å². The molecule has 0 spiro atoms. The standard InChI is InChI=1S/C16H24N2O2S/c1-11-10-12(17-15(20)16(2,3)4)21-13(11)14(19)18-8-6-5-7-9-18/h10H,5-9H2,1-4H3,(H,17,20). The molecule has 1 saturated heterocycles. The van der Waals surface area contributed by atoms with Crippen molar-refractivity contribution in [3.8, 4) is 0 Å². The molecule has 21 heavy (non-hydrogen) atoms. The Morgan fingerprint density at radius 3 is 2.38 bits per heavy atom. The van der Waals surface area contributed by atoms with Gasteiger partial charge in [0, 0.05) is 18.5 Å². The second-order valence-electron chi connectivity index (χ2n) is 6.68. The monoisotopic (exact) mass is 308 g/mol. The molecule has 1 aliphatic heterocycles. The quantitative estimate of drug-likeness (QED) is 0.906. The Bertz CT molecular complexity index is 537. The van der Waals surface area contributed by atoms with Crippen molar-refractivity contribution >= 4 is 28.2 Å². The van der Waals surface area contributed by atoms with E-state index in [-0.39, 0.29) is 11.8 Å². The zero-order valence-electron chi connectivity index (χ0n) is 13.3. The Labute approximate surface area is 130 Å². The maximum Gasteiger partial charge on any atom is 0.264 e. The molecule has 0 radical (unpaired) electrons. The molecule has 0 atom stereocenters. The van der Waals surface area contributed by atoms with E-state index in [0.717, 1.165) is 41.4 Å². The number of hydrogen-bond acceptors (Lipinski definition) is 3. The fourth-order valence-corrected chi connectivity index (χ4v) is 3.33. The second-order valence-corrected chi connectivity index (χ2v) is 7.73. The predicted molar refractivity (Wildman–Crippen MR) is 86.9 cm³/mol. The van der Waals surface area contributed by atoms with Crippen LogP contribution >= 0.6 is 11.3 Å². The van der Waals surface area contributed by atoms with Gasteiger partial charge in [-0.15, -0.1) is 11.3 Å². The van der Waals surface area contributed by atoms with Crippen LogP contribution in [-0.2, 0) is 4.79 Å². The normalized spacial score (nSPS) is 15.9. The van der Waals surface area contributed by atoms with E-state index < -0.39 is 5.41 Å². The van der Waals surface area contributed by atoms with Gasteiger partial charge in [-0.25, -0.2) is 0 Å². The number of amides is 2. The van der Waals surface area contributed by atoms with E-state index in [4.69, 9.17) is 0 Å². The molecule has 1 aromatic heterocycles. The third-order valence-electron chi connectivity index (χ3n) is 3.67. The highest BCUT2D eigenvalue weighted by molar-refractivity contribution is 7.18. The zero-order valence-corrected chi connectivity index (χ0v) is 14.1. The topological polar surface area (TPSA) is 49.4 Å². The number of nitrogens with one attached hydrogen (secondary N) is 1. The summed E-state index contributed by atoms with van der Waals surface area (Å²) < 4.78 is 0. The molecular weight excluding hydrogens is 284 g/mol.